The number of nitrogens with zero attached hydrogens (tertiary/aromatic N) is 1. The molecule has 0 radical (unpaired) electrons. The van der Waals surface area contributed by atoms with Crippen LogP contribution in [0.2, 0.25) is 0 Å². The van der Waals surface area contributed by atoms with Crippen molar-refractivity contribution in [1.29, 1.82) is 0 Å². The molecule has 0 atom stereocenters. The smallest absolute Gasteiger partial charge is 0.0338 e. The van der Waals surface area contributed by atoms with Crippen LogP contribution in [0, 0.1) is 0 Å². The van der Waals surface area contributed by atoms with E-state index in [1.807, 2.05) is 21.1 Å². The molecule has 0 aliphatic carbocycles. The van der Waals surface area contributed by atoms with Gasteiger partial charge >= 0.3 is 0 Å². The summed E-state index contributed by atoms with van der Waals surface area (Å²) in [4.78, 5) is 1.26. The van der Waals surface area contributed by atoms with Crippen molar-refractivity contribution < 1.29 is 0 Å². The van der Waals surface area contributed by atoms with E-state index in [-0.39, 0.29) is 0 Å². The summed E-state index contributed by atoms with van der Waals surface area (Å²) in [5.74, 6) is 0. The molecule has 1 rings (SSSR count). The van der Waals surface area contributed by atoms with Gasteiger partial charge in [-0.2, -0.15) is 0 Å². The van der Waals surface area contributed by atoms with E-state index in [1.54, 1.807) is 11.9 Å². The van der Waals surface area contributed by atoms with Crippen molar-refractivity contribution in [3.05, 3.63) is 24.3 Å². The molecule has 66 valence electrons. The summed E-state index contributed by atoms with van der Waals surface area (Å²) in [6, 6.07) is 8.37. The monoisotopic (exact) mass is 182 g/mol. The number of anilines is 1. The predicted octanol–water partition coefficient (Wildman–Crippen LogP) is 2.30. The fraction of sp³-hybridized carbons (Fsp3) is 0.333. The van der Waals surface area contributed by atoms with E-state index in [1.165, 1.54) is 4.90 Å². The Morgan fingerprint density at radius 2 is 1.75 bits per heavy atom. The minimum Gasteiger partial charge on any atom is -0.388 e. The molecule has 0 bridgehead atoms. The molecule has 0 aliphatic rings. The molecule has 0 unspecified atom stereocenters. The molecule has 0 fully saturated rings. The van der Waals surface area contributed by atoms with Gasteiger partial charge in [-0.15, -0.1) is 0 Å². The van der Waals surface area contributed by atoms with Gasteiger partial charge in [0.25, 0.3) is 0 Å². The highest BCUT2D eigenvalue weighted by Crippen LogP contribution is 2.20. The molecular weight excluding hydrogens is 168 g/mol. The number of nitrogens with one attached hydrogen (secondary N) is 1. The van der Waals surface area contributed by atoms with Crippen molar-refractivity contribution in [2.75, 3.05) is 26.5 Å². The van der Waals surface area contributed by atoms with Gasteiger partial charge in [0, 0.05) is 17.6 Å². The first kappa shape index (κ1) is 9.42. The Labute approximate surface area is 78.1 Å². The number of rotatable bonds is 3. The van der Waals surface area contributed by atoms with Crippen LogP contribution in [0.5, 0.6) is 0 Å². The lowest BCUT2D eigenvalue weighted by atomic mass is 10.3. The third-order valence-corrected chi connectivity index (χ3v) is 2.28. The normalized spacial score (nSPS) is 10.3. The largest absolute Gasteiger partial charge is 0.388 e. The Bertz CT molecular complexity index is 231. The maximum atomic E-state index is 3.08. The van der Waals surface area contributed by atoms with Gasteiger partial charge in [-0.25, -0.2) is 0 Å². The van der Waals surface area contributed by atoms with Gasteiger partial charge in [-0.05, 0) is 50.3 Å². The topological polar surface area (TPSA) is 15.3 Å². The molecule has 0 heterocycles. The van der Waals surface area contributed by atoms with Gasteiger partial charge in [-0.1, -0.05) is 0 Å². The summed E-state index contributed by atoms with van der Waals surface area (Å²) in [6.07, 6.45) is 0. The Morgan fingerprint density at radius 1 is 1.17 bits per heavy atom. The van der Waals surface area contributed by atoms with Gasteiger partial charge in [0.15, 0.2) is 0 Å². The summed E-state index contributed by atoms with van der Waals surface area (Å²) in [5, 5.41) is 3.08. The highest BCUT2D eigenvalue weighted by molar-refractivity contribution is 7.97. The highest BCUT2D eigenvalue weighted by Gasteiger charge is 1.94. The Balaban J connectivity index is 2.65. The van der Waals surface area contributed by atoms with Crippen molar-refractivity contribution in [3.63, 3.8) is 0 Å². The molecule has 1 aromatic rings. The molecule has 0 aromatic heterocycles. The number of hydrogen-bond donors (Lipinski definition) is 1. The van der Waals surface area contributed by atoms with Crippen molar-refractivity contribution in [2.45, 2.75) is 4.90 Å². The second-order valence-electron chi connectivity index (χ2n) is 2.68. The van der Waals surface area contributed by atoms with Crippen LogP contribution in [0.4, 0.5) is 5.69 Å². The lowest BCUT2D eigenvalue weighted by Gasteiger charge is -2.08. The van der Waals surface area contributed by atoms with E-state index < -0.39 is 0 Å². The summed E-state index contributed by atoms with van der Waals surface area (Å²) in [6.45, 7) is 0. The molecule has 0 amide bonds. The molecule has 0 aliphatic heterocycles. The standard InChI is InChI=1S/C9H14N2S/c1-10-8-4-6-9(7-5-8)12-11(2)3/h4-7,10H,1-3H3. The average Bonchev–Trinajstić information content (AvgIpc) is 2.05. The van der Waals surface area contributed by atoms with Crippen LogP contribution in [0.1, 0.15) is 0 Å². The summed E-state index contributed by atoms with van der Waals surface area (Å²) >= 11 is 1.72. The van der Waals surface area contributed by atoms with Crippen LogP contribution < -0.4 is 5.32 Å². The molecule has 1 N–H and O–H groups in total. The number of hydrogen-bond acceptors (Lipinski definition) is 3. The van der Waals surface area contributed by atoms with E-state index in [0.717, 1.165) is 5.69 Å². The van der Waals surface area contributed by atoms with E-state index in [4.69, 9.17) is 0 Å². The first-order valence-electron chi connectivity index (χ1n) is 3.85. The minimum atomic E-state index is 1.15. The molecule has 2 nitrogen and oxygen atoms in total. The van der Waals surface area contributed by atoms with Gasteiger partial charge in [-0.3, -0.25) is 4.31 Å². The first-order chi connectivity index (χ1) is 5.72. The summed E-state index contributed by atoms with van der Waals surface area (Å²) in [7, 11) is 6.00. The molecule has 0 saturated carbocycles. The second kappa shape index (κ2) is 4.38. The lowest BCUT2D eigenvalue weighted by Crippen LogP contribution is -1.98. The fourth-order valence-corrected chi connectivity index (χ4v) is 1.57. The van der Waals surface area contributed by atoms with Crippen LogP contribution in [-0.4, -0.2) is 25.4 Å². The third kappa shape index (κ3) is 2.75. The molecule has 0 saturated heterocycles. The van der Waals surface area contributed by atoms with Crippen LogP contribution in [0.3, 0.4) is 0 Å². The zero-order valence-electron chi connectivity index (χ0n) is 7.66. The van der Waals surface area contributed by atoms with Gasteiger partial charge in [0.05, 0.1) is 0 Å². The summed E-state index contributed by atoms with van der Waals surface area (Å²) in [5.41, 5.74) is 1.15. The SMILES string of the molecule is CNc1ccc(SN(C)C)cc1. The van der Waals surface area contributed by atoms with E-state index >= 15 is 0 Å². The van der Waals surface area contributed by atoms with Crippen molar-refractivity contribution in [1.82, 2.24) is 4.31 Å². The Kier molecular flexibility index (Phi) is 3.44. The Hall–Kier alpha value is -0.670. The zero-order valence-corrected chi connectivity index (χ0v) is 8.48. The maximum Gasteiger partial charge on any atom is 0.0338 e. The molecule has 0 spiro atoms. The third-order valence-electron chi connectivity index (χ3n) is 1.43. The molecule has 3 heteroatoms. The molecule has 1 aromatic carbocycles. The second-order valence-corrected chi connectivity index (χ2v) is 4.06. The Morgan fingerprint density at radius 3 is 2.17 bits per heavy atom. The predicted molar refractivity (Wildman–Crippen MR) is 55.5 cm³/mol. The van der Waals surface area contributed by atoms with Crippen molar-refractivity contribution in [2.24, 2.45) is 0 Å². The average molecular weight is 182 g/mol. The minimum absolute atomic E-state index is 1.15. The molecular formula is C9H14N2S. The van der Waals surface area contributed by atoms with Crippen LogP contribution in [-0.2, 0) is 0 Å². The van der Waals surface area contributed by atoms with Crippen LogP contribution in [0.15, 0.2) is 29.2 Å². The summed E-state index contributed by atoms with van der Waals surface area (Å²) < 4.78 is 2.08. The van der Waals surface area contributed by atoms with Gasteiger partial charge in [0.1, 0.15) is 0 Å². The number of benzene rings is 1. The van der Waals surface area contributed by atoms with Crippen molar-refractivity contribution >= 4 is 17.6 Å². The van der Waals surface area contributed by atoms with E-state index in [0.29, 0.717) is 0 Å². The highest BCUT2D eigenvalue weighted by atomic mass is 32.2. The van der Waals surface area contributed by atoms with E-state index in [9.17, 15) is 0 Å². The molecule has 12 heavy (non-hydrogen) atoms. The van der Waals surface area contributed by atoms with Gasteiger partial charge < -0.3 is 5.32 Å². The van der Waals surface area contributed by atoms with Crippen LogP contribution in [0.25, 0.3) is 0 Å². The van der Waals surface area contributed by atoms with Gasteiger partial charge in [0.2, 0.25) is 0 Å². The fourth-order valence-electron chi connectivity index (χ4n) is 0.893. The van der Waals surface area contributed by atoms with Crippen molar-refractivity contribution in [3.8, 4) is 0 Å². The van der Waals surface area contributed by atoms with Crippen LogP contribution >= 0.6 is 11.9 Å². The zero-order chi connectivity index (χ0) is 8.97. The quantitative estimate of drug-likeness (QED) is 0.722. The maximum absolute atomic E-state index is 3.08. The first-order valence-corrected chi connectivity index (χ1v) is 4.63. The van der Waals surface area contributed by atoms with E-state index in [2.05, 4.69) is 33.9 Å². The lowest BCUT2D eigenvalue weighted by molar-refractivity contribution is 0.702.